The maximum absolute atomic E-state index is 6.10. The van der Waals surface area contributed by atoms with E-state index in [-0.39, 0.29) is 12.1 Å². The summed E-state index contributed by atoms with van der Waals surface area (Å²) in [6.45, 7) is 11.1. The SMILES string of the molecule is COCC(Nc1c(N)c(C)nn1C(C)C)C(C)C. The molecule has 1 atom stereocenters. The number of hydrogen-bond donors (Lipinski definition) is 2. The molecule has 3 N–H and O–H groups in total. The van der Waals surface area contributed by atoms with E-state index in [4.69, 9.17) is 10.5 Å². The Balaban J connectivity index is 3.00. The molecule has 0 radical (unpaired) electrons. The van der Waals surface area contributed by atoms with Crippen LogP contribution in [0.1, 0.15) is 39.4 Å². The highest BCUT2D eigenvalue weighted by Gasteiger charge is 2.20. The third-order valence-electron chi connectivity index (χ3n) is 3.09. The molecular formula is C13H26N4O. The van der Waals surface area contributed by atoms with E-state index in [1.54, 1.807) is 7.11 Å². The lowest BCUT2D eigenvalue weighted by Crippen LogP contribution is -2.32. The lowest BCUT2D eigenvalue weighted by molar-refractivity contribution is 0.170. The van der Waals surface area contributed by atoms with E-state index in [9.17, 15) is 0 Å². The number of ether oxygens (including phenoxy) is 1. The minimum Gasteiger partial charge on any atom is -0.394 e. The molecule has 0 spiro atoms. The normalized spacial score (nSPS) is 13.3. The number of rotatable bonds is 6. The van der Waals surface area contributed by atoms with E-state index in [1.165, 1.54) is 0 Å². The molecule has 0 aliphatic rings. The van der Waals surface area contributed by atoms with Crippen molar-refractivity contribution in [3.63, 3.8) is 0 Å². The second kappa shape index (κ2) is 6.09. The largest absolute Gasteiger partial charge is 0.394 e. The van der Waals surface area contributed by atoms with Crippen molar-refractivity contribution in [1.82, 2.24) is 9.78 Å². The van der Waals surface area contributed by atoms with Crippen molar-refractivity contribution >= 4 is 11.5 Å². The first-order valence-corrected chi connectivity index (χ1v) is 6.48. The van der Waals surface area contributed by atoms with Crippen molar-refractivity contribution in [3.05, 3.63) is 5.69 Å². The number of nitrogens with one attached hydrogen (secondary N) is 1. The molecule has 1 heterocycles. The molecule has 0 amide bonds. The first kappa shape index (κ1) is 14.8. The van der Waals surface area contributed by atoms with Crippen molar-refractivity contribution in [2.24, 2.45) is 5.92 Å². The predicted molar refractivity (Wildman–Crippen MR) is 75.9 cm³/mol. The Hall–Kier alpha value is -1.23. The van der Waals surface area contributed by atoms with Crippen LogP contribution in [0, 0.1) is 12.8 Å². The summed E-state index contributed by atoms with van der Waals surface area (Å²) in [5.41, 5.74) is 7.69. The predicted octanol–water partition coefficient (Wildman–Crippen LogP) is 2.44. The molecule has 0 saturated heterocycles. The molecule has 0 bridgehead atoms. The zero-order valence-corrected chi connectivity index (χ0v) is 12.3. The van der Waals surface area contributed by atoms with Gasteiger partial charge in [-0.2, -0.15) is 5.10 Å². The molecule has 1 aromatic heterocycles. The van der Waals surface area contributed by atoms with Gasteiger partial charge in [0.25, 0.3) is 0 Å². The van der Waals surface area contributed by atoms with Crippen LogP contribution >= 0.6 is 0 Å². The number of anilines is 2. The van der Waals surface area contributed by atoms with Crippen molar-refractivity contribution < 1.29 is 4.74 Å². The average Bonchev–Trinajstić information content (AvgIpc) is 2.56. The number of nitrogen functional groups attached to an aromatic ring is 1. The van der Waals surface area contributed by atoms with Gasteiger partial charge in [-0.25, -0.2) is 4.68 Å². The van der Waals surface area contributed by atoms with E-state index in [0.717, 1.165) is 17.2 Å². The molecule has 1 aromatic rings. The molecule has 104 valence electrons. The fourth-order valence-corrected chi connectivity index (χ4v) is 1.83. The zero-order valence-electron chi connectivity index (χ0n) is 12.3. The van der Waals surface area contributed by atoms with Crippen LogP contribution in [0.25, 0.3) is 0 Å². The molecule has 18 heavy (non-hydrogen) atoms. The van der Waals surface area contributed by atoms with E-state index in [2.05, 4.69) is 38.1 Å². The summed E-state index contributed by atoms with van der Waals surface area (Å²) in [6.07, 6.45) is 0. The highest BCUT2D eigenvalue weighted by molar-refractivity contribution is 5.65. The molecule has 1 unspecified atom stereocenters. The van der Waals surface area contributed by atoms with Gasteiger partial charge < -0.3 is 15.8 Å². The maximum Gasteiger partial charge on any atom is 0.148 e. The van der Waals surface area contributed by atoms with Gasteiger partial charge in [0, 0.05) is 13.2 Å². The fraction of sp³-hybridized carbons (Fsp3) is 0.769. The first-order valence-electron chi connectivity index (χ1n) is 6.48. The summed E-state index contributed by atoms with van der Waals surface area (Å²) in [5, 5.41) is 7.94. The van der Waals surface area contributed by atoms with Crippen LogP contribution in [0.15, 0.2) is 0 Å². The molecular weight excluding hydrogens is 228 g/mol. The monoisotopic (exact) mass is 254 g/mol. The summed E-state index contributed by atoms with van der Waals surface area (Å²) in [4.78, 5) is 0. The summed E-state index contributed by atoms with van der Waals surface area (Å²) >= 11 is 0. The Bertz CT molecular complexity index is 385. The standard InChI is InChI=1S/C13H26N4O/c1-8(2)11(7-18-6)15-13-12(14)10(5)16-17(13)9(3)4/h8-9,11,15H,7,14H2,1-6H3. The molecule has 1 rings (SSSR count). The number of nitrogens with two attached hydrogens (primary N) is 1. The van der Waals surface area contributed by atoms with Crippen molar-refractivity contribution in [3.8, 4) is 0 Å². The number of aryl methyl sites for hydroxylation is 1. The molecule has 0 saturated carbocycles. The summed E-state index contributed by atoms with van der Waals surface area (Å²) < 4.78 is 7.19. The van der Waals surface area contributed by atoms with E-state index in [1.807, 2.05) is 11.6 Å². The Morgan fingerprint density at radius 3 is 2.39 bits per heavy atom. The van der Waals surface area contributed by atoms with Gasteiger partial charge in [0.15, 0.2) is 0 Å². The topological polar surface area (TPSA) is 65.1 Å². The van der Waals surface area contributed by atoms with Crippen LogP contribution in [0.3, 0.4) is 0 Å². The lowest BCUT2D eigenvalue weighted by atomic mass is 10.1. The minimum atomic E-state index is 0.228. The van der Waals surface area contributed by atoms with Crippen LogP contribution in [-0.4, -0.2) is 29.5 Å². The maximum atomic E-state index is 6.10. The number of hydrogen-bond acceptors (Lipinski definition) is 4. The Labute approximate surface area is 110 Å². The van der Waals surface area contributed by atoms with Gasteiger partial charge in [0.05, 0.1) is 24.0 Å². The van der Waals surface area contributed by atoms with Gasteiger partial charge in [-0.15, -0.1) is 0 Å². The molecule has 0 aliphatic heterocycles. The Kier molecular flexibility index (Phi) is 5.02. The van der Waals surface area contributed by atoms with Gasteiger partial charge in [0.2, 0.25) is 0 Å². The lowest BCUT2D eigenvalue weighted by Gasteiger charge is -2.24. The highest BCUT2D eigenvalue weighted by atomic mass is 16.5. The number of aromatic nitrogens is 2. The second-order valence-electron chi connectivity index (χ2n) is 5.34. The first-order chi connectivity index (χ1) is 8.38. The van der Waals surface area contributed by atoms with E-state index >= 15 is 0 Å². The Morgan fingerprint density at radius 2 is 1.94 bits per heavy atom. The van der Waals surface area contributed by atoms with Gasteiger partial charge in [0.1, 0.15) is 5.82 Å². The Morgan fingerprint density at radius 1 is 1.33 bits per heavy atom. The minimum absolute atomic E-state index is 0.228. The molecule has 5 heteroatoms. The highest BCUT2D eigenvalue weighted by Crippen LogP contribution is 2.27. The summed E-state index contributed by atoms with van der Waals surface area (Å²) in [7, 11) is 1.71. The van der Waals surface area contributed by atoms with Crippen molar-refractivity contribution in [1.29, 1.82) is 0 Å². The van der Waals surface area contributed by atoms with Crippen molar-refractivity contribution in [2.75, 3.05) is 24.8 Å². The fourth-order valence-electron chi connectivity index (χ4n) is 1.83. The van der Waals surface area contributed by atoms with Crippen LogP contribution < -0.4 is 11.1 Å². The van der Waals surface area contributed by atoms with Crippen LogP contribution in [-0.2, 0) is 4.74 Å². The van der Waals surface area contributed by atoms with Crippen LogP contribution in [0.4, 0.5) is 11.5 Å². The summed E-state index contributed by atoms with van der Waals surface area (Å²) in [6, 6.07) is 0.504. The van der Waals surface area contributed by atoms with Crippen molar-refractivity contribution in [2.45, 2.75) is 46.7 Å². The zero-order chi connectivity index (χ0) is 13.9. The number of methoxy groups -OCH3 is 1. The third-order valence-corrected chi connectivity index (χ3v) is 3.09. The van der Waals surface area contributed by atoms with Gasteiger partial charge in [-0.1, -0.05) is 13.8 Å². The molecule has 0 aromatic carbocycles. The molecule has 0 fully saturated rings. The van der Waals surface area contributed by atoms with E-state index in [0.29, 0.717) is 12.5 Å². The van der Waals surface area contributed by atoms with Gasteiger partial charge in [-0.05, 0) is 26.7 Å². The van der Waals surface area contributed by atoms with Gasteiger partial charge in [-0.3, -0.25) is 0 Å². The number of nitrogens with zero attached hydrogens (tertiary/aromatic N) is 2. The average molecular weight is 254 g/mol. The smallest absolute Gasteiger partial charge is 0.148 e. The van der Waals surface area contributed by atoms with Crippen LogP contribution in [0.2, 0.25) is 0 Å². The van der Waals surface area contributed by atoms with Gasteiger partial charge >= 0.3 is 0 Å². The second-order valence-corrected chi connectivity index (χ2v) is 5.34. The third kappa shape index (κ3) is 3.16. The summed E-state index contributed by atoms with van der Waals surface area (Å²) in [5.74, 6) is 1.36. The van der Waals surface area contributed by atoms with Crippen LogP contribution in [0.5, 0.6) is 0 Å². The molecule has 5 nitrogen and oxygen atoms in total. The quantitative estimate of drug-likeness (QED) is 0.818. The molecule has 0 aliphatic carbocycles. The van der Waals surface area contributed by atoms with E-state index < -0.39 is 0 Å².